The molecule has 1 fully saturated rings. The van der Waals surface area contributed by atoms with E-state index in [1.54, 1.807) is 4.57 Å². The molecule has 2 aliphatic rings. The molecule has 1 atom stereocenters. The minimum atomic E-state index is -0.297. The number of carbonyl (C=O) groups excluding carboxylic acids is 1. The van der Waals surface area contributed by atoms with Crippen molar-refractivity contribution in [2.75, 3.05) is 18.4 Å². The van der Waals surface area contributed by atoms with Gasteiger partial charge in [-0.05, 0) is 86.9 Å². The van der Waals surface area contributed by atoms with Gasteiger partial charge >= 0.3 is 0 Å². The van der Waals surface area contributed by atoms with Crippen LogP contribution in [-0.2, 0) is 19.4 Å². The number of benzene rings is 1. The molecule has 28 heavy (non-hydrogen) atoms. The van der Waals surface area contributed by atoms with E-state index < -0.39 is 0 Å². The zero-order valence-corrected chi connectivity index (χ0v) is 17.1. The van der Waals surface area contributed by atoms with Gasteiger partial charge in [0.1, 0.15) is 5.56 Å². The average molecular weight is 402 g/mol. The fraction of sp³-hybridized carbons (Fsp3) is 0.455. The molecule has 150 valence electrons. The van der Waals surface area contributed by atoms with Crippen molar-refractivity contribution in [2.24, 2.45) is 5.92 Å². The maximum atomic E-state index is 13.0. The summed E-state index contributed by atoms with van der Waals surface area (Å²) in [5.74, 6) is 0.140. The van der Waals surface area contributed by atoms with Gasteiger partial charge in [-0.25, -0.2) is 0 Å². The second-order valence-corrected chi connectivity index (χ2v) is 7.79. The number of carbonyl (C=O) groups is 1. The van der Waals surface area contributed by atoms with Crippen LogP contribution >= 0.6 is 12.4 Å². The van der Waals surface area contributed by atoms with Gasteiger partial charge in [-0.3, -0.25) is 9.59 Å². The molecule has 1 aromatic carbocycles. The second-order valence-electron chi connectivity index (χ2n) is 7.79. The Morgan fingerprint density at radius 3 is 2.89 bits per heavy atom. The van der Waals surface area contributed by atoms with Gasteiger partial charge in [0, 0.05) is 18.4 Å². The van der Waals surface area contributed by atoms with Gasteiger partial charge in [-0.15, -0.1) is 12.4 Å². The molecule has 2 N–H and O–H groups in total. The lowest BCUT2D eigenvalue weighted by molar-refractivity contribution is 0.102. The van der Waals surface area contributed by atoms with Crippen LogP contribution in [0.3, 0.4) is 0 Å². The third-order valence-electron chi connectivity index (χ3n) is 5.85. The predicted molar refractivity (Wildman–Crippen MR) is 115 cm³/mol. The molecule has 5 nitrogen and oxygen atoms in total. The fourth-order valence-corrected chi connectivity index (χ4v) is 4.36. The number of aryl methyl sites for hydroxylation is 2. The summed E-state index contributed by atoms with van der Waals surface area (Å²) >= 11 is 0. The van der Waals surface area contributed by atoms with Crippen LogP contribution in [0.2, 0.25) is 0 Å². The second kappa shape index (κ2) is 8.93. The Balaban J connectivity index is 0.00000225. The van der Waals surface area contributed by atoms with Crippen LogP contribution in [0.15, 0.2) is 35.3 Å². The van der Waals surface area contributed by atoms with Crippen molar-refractivity contribution in [1.29, 1.82) is 0 Å². The van der Waals surface area contributed by atoms with Crippen LogP contribution in [0.4, 0.5) is 5.69 Å². The first-order valence-corrected chi connectivity index (χ1v) is 9.96. The van der Waals surface area contributed by atoms with Crippen molar-refractivity contribution in [1.82, 2.24) is 9.88 Å². The molecule has 1 aliphatic carbocycles. The monoisotopic (exact) mass is 401 g/mol. The van der Waals surface area contributed by atoms with E-state index >= 15 is 0 Å². The van der Waals surface area contributed by atoms with Crippen LogP contribution in [-0.4, -0.2) is 23.6 Å². The van der Waals surface area contributed by atoms with Crippen molar-refractivity contribution in [2.45, 2.75) is 45.6 Å². The molecule has 2 heterocycles. The van der Waals surface area contributed by atoms with E-state index in [0.29, 0.717) is 12.5 Å². The van der Waals surface area contributed by atoms with E-state index in [4.69, 9.17) is 0 Å². The number of aromatic nitrogens is 1. The molecule has 0 bridgehead atoms. The first-order chi connectivity index (χ1) is 13.1. The molecule has 1 aliphatic heterocycles. The SMILES string of the molecule is Cc1ccn(CC2CCCNC2)c(=O)c1C(=O)Nc1cccc2c1CCC2.Cl. The fourth-order valence-electron chi connectivity index (χ4n) is 4.36. The van der Waals surface area contributed by atoms with Crippen LogP contribution in [0.5, 0.6) is 0 Å². The third-order valence-corrected chi connectivity index (χ3v) is 5.85. The predicted octanol–water partition coefficient (Wildman–Crippen LogP) is 3.32. The molecule has 1 saturated heterocycles. The molecule has 2 aromatic rings. The third kappa shape index (κ3) is 4.15. The summed E-state index contributed by atoms with van der Waals surface area (Å²) in [6.45, 7) is 4.47. The van der Waals surface area contributed by atoms with Gasteiger partial charge in [-0.2, -0.15) is 0 Å². The van der Waals surface area contributed by atoms with Gasteiger partial charge in [-0.1, -0.05) is 12.1 Å². The number of nitrogens with zero attached hydrogens (tertiary/aromatic N) is 1. The summed E-state index contributed by atoms with van der Waals surface area (Å²) in [6.07, 6.45) is 7.24. The van der Waals surface area contributed by atoms with Gasteiger partial charge < -0.3 is 15.2 Å². The topological polar surface area (TPSA) is 63.1 Å². The highest BCUT2D eigenvalue weighted by atomic mass is 35.5. The number of piperidine rings is 1. The zero-order valence-electron chi connectivity index (χ0n) is 16.3. The minimum absolute atomic E-state index is 0. The van der Waals surface area contributed by atoms with E-state index in [9.17, 15) is 9.59 Å². The largest absolute Gasteiger partial charge is 0.322 e. The summed E-state index contributed by atoms with van der Waals surface area (Å²) in [6, 6.07) is 7.91. The molecule has 4 rings (SSSR count). The lowest BCUT2D eigenvalue weighted by atomic mass is 9.99. The first-order valence-electron chi connectivity index (χ1n) is 9.96. The van der Waals surface area contributed by atoms with E-state index in [1.165, 1.54) is 11.1 Å². The molecule has 0 saturated carbocycles. The number of nitrogens with one attached hydrogen (secondary N) is 2. The number of halogens is 1. The summed E-state index contributed by atoms with van der Waals surface area (Å²) in [5, 5.41) is 6.39. The van der Waals surface area contributed by atoms with E-state index in [0.717, 1.165) is 56.4 Å². The molecule has 0 radical (unpaired) electrons. The lowest BCUT2D eigenvalue weighted by Crippen LogP contribution is -2.36. The van der Waals surface area contributed by atoms with Crippen molar-refractivity contribution in [3.63, 3.8) is 0 Å². The Morgan fingerprint density at radius 1 is 1.25 bits per heavy atom. The van der Waals surface area contributed by atoms with E-state index in [1.807, 2.05) is 31.3 Å². The maximum absolute atomic E-state index is 13.0. The Kier molecular flexibility index (Phi) is 6.57. The van der Waals surface area contributed by atoms with Gasteiger partial charge in [0.25, 0.3) is 11.5 Å². The number of amides is 1. The highest BCUT2D eigenvalue weighted by Crippen LogP contribution is 2.29. The molecule has 1 unspecified atom stereocenters. The van der Waals surface area contributed by atoms with Crippen molar-refractivity contribution in [3.8, 4) is 0 Å². The van der Waals surface area contributed by atoms with Crippen LogP contribution < -0.4 is 16.2 Å². The number of anilines is 1. The van der Waals surface area contributed by atoms with Crippen LogP contribution in [0.25, 0.3) is 0 Å². The van der Waals surface area contributed by atoms with Gasteiger partial charge in [0.15, 0.2) is 0 Å². The smallest absolute Gasteiger partial charge is 0.263 e. The molecule has 1 amide bonds. The van der Waals surface area contributed by atoms with E-state index in [2.05, 4.69) is 16.7 Å². The van der Waals surface area contributed by atoms with Gasteiger partial charge in [0.2, 0.25) is 0 Å². The van der Waals surface area contributed by atoms with Crippen molar-refractivity contribution >= 4 is 24.0 Å². The lowest BCUT2D eigenvalue weighted by Gasteiger charge is -2.23. The Bertz CT molecular complexity index is 916. The molecule has 0 spiro atoms. The van der Waals surface area contributed by atoms with Crippen LogP contribution in [0.1, 0.15) is 46.3 Å². The average Bonchev–Trinajstić information content (AvgIpc) is 3.15. The summed E-state index contributed by atoms with van der Waals surface area (Å²) in [4.78, 5) is 26.0. The maximum Gasteiger partial charge on any atom is 0.263 e. The Hall–Kier alpha value is -2.11. The highest BCUT2D eigenvalue weighted by molar-refractivity contribution is 6.05. The number of hydrogen-bond acceptors (Lipinski definition) is 3. The quantitative estimate of drug-likeness (QED) is 0.826. The number of hydrogen-bond donors (Lipinski definition) is 2. The molecule has 6 heteroatoms. The molecular formula is C22H28ClN3O2. The molecular weight excluding hydrogens is 374 g/mol. The summed E-state index contributed by atoms with van der Waals surface area (Å²) < 4.78 is 1.70. The number of fused-ring (bicyclic) bond motifs is 1. The van der Waals surface area contributed by atoms with Gasteiger partial charge in [0.05, 0.1) is 0 Å². The minimum Gasteiger partial charge on any atom is -0.322 e. The zero-order chi connectivity index (χ0) is 18.8. The van der Waals surface area contributed by atoms with Crippen molar-refractivity contribution in [3.05, 3.63) is 63.1 Å². The summed E-state index contributed by atoms with van der Waals surface area (Å²) in [7, 11) is 0. The summed E-state index contributed by atoms with van der Waals surface area (Å²) in [5.41, 5.74) is 4.17. The normalized spacial score (nSPS) is 18.2. The number of rotatable bonds is 4. The van der Waals surface area contributed by atoms with E-state index in [-0.39, 0.29) is 29.4 Å². The highest BCUT2D eigenvalue weighted by Gasteiger charge is 2.21. The number of pyridine rings is 1. The first kappa shape index (κ1) is 20.6. The molecule has 1 aromatic heterocycles. The Morgan fingerprint density at radius 2 is 2.11 bits per heavy atom. The standard InChI is InChI=1S/C22H27N3O2.ClH/c1-15-10-12-25(14-16-5-4-11-23-13-16)22(27)20(15)21(26)24-19-9-3-7-17-6-2-8-18(17)19;/h3,7,9-10,12,16,23H,2,4-6,8,11,13-14H2,1H3,(H,24,26);1H. The Labute approximate surface area is 171 Å². The van der Waals surface area contributed by atoms with Crippen LogP contribution in [0, 0.1) is 12.8 Å². The van der Waals surface area contributed by atoms with Crippen molar-refractivity contribution < 1.29 is 4.79 Å².